The predicted octanol–water partition coefficient (Wildman–Crippen LogP) is 4.26. The topological polar surface area (TPSA) is 52.6 Å². The summed E-state index contributed by atoms with van der Waals surface area (Å²) < 4.78 is 10.3. The molecule has 0 radical (unpaired) electrons. The molecule has 0 saturated carbocycles. The zero-order chi connectivity index (χ0) is 17.6. The highest BCUT2D eigenvalue weighted by Gasteiger charge is 2.18. The van der Waals surface area contributed by atoms with Crippen LogP contribution in [0.1, 0.15) is 34.6 Å². The number of carbonyl (C=O) groups excluding carboxylic acids is 2. The molecule has 126 valence electrons. The van der Waals surface area contributed by atoms with E-state index in [1.165, 1.54) is 0 Å². The van der Waals surface area contributed by atoms with Gasteiger partial charge in [-0.25, -0.2) is 9.59 Å². The minimum absolute atomic E-state index is 0.138. The average Bonchev–Trinajstić information content (AvgIpc) is 2.61. The van der Waals surface area contributed by atoms with E-state index in [0.29, 0.717) is 0 Å². The van der Waals surface area contributed by atoms with Crippen molar-refractivity contribution in [1.29, 1.82) is 0 Å². The van der Waals surface area contributed by atoms with Gasteiger partial charge in [0, 0.05) is 0 Å². The summed E-state index contributed by atoms with van der Waals surface area (Å²) in [5.74, 6) is -1.12. The number of ether oxygens (including phenoxy) is 2. The van der Waals surface area contributed by atoms with Crippen LogP contribution in [0.2, 0.25) is 0 Å². The maximum atomic E-state index is 12.1. The monoisotopic (exact) mass is 326 g/mol. The Bertz CT molecular complexity index is 594. The van der Waals surface area contributed by atoms with E-state index in [1.54, 1.807) is 48.6 Å². The Kier molecular flexibility index (Phi) is 9.31. The minimum atomic E-state index is -0.558. The molecule has 0 atom stereocenters. The summed E-state index contributed by atoms with van der Waals surface area (Å²) in [6, 6.07) is 6.44. The molecule has 1 rings (SSSR count). The van der Waals surface area contributed by atoms with Crippen LogP contribution in [0.15, 0.2) is 72.9 Å². The van der Waals surface area contributed by atoms with Crippen molar-refractivity contribution in [1.82, 2.24) is 0 Å². The standard InChI is InChI=1S/C20H22O4/c1-3-5-7-11-15-23-19(21)17-13-9-10-14-18(17)20(22)24-16-12-8-6-4-2/h3-14H,15-16H2,1-2H3/b5-3?,6-4?,11-7+,12-8+. The summed E-state index contributed by atoms with van der Waals surface area (Å²) in [5.41, 5.74) is 0.388. The fourth-order valence-electron chi connectivity index (χ4n) is 1.73. The van der Waals surface area contributed by atoms with Crippen LogP contribution < -0.4 is 0 Å². The molecule has 1 aromatic carbocycles. The van der Waals surface area contributed by atoms with Crippen LogP contribution in [0.4, 0.5) is 0 Å². The molecule has 0 amide bonds. The minimum Gasteiger partial charge on any atom is -0.458 e. The van der Waals surface area contributed by atoms with Crippen molar-refractivity contribution < 1.29 is 19.1 Å². The van der Waals surface area contributed by atoms with Gasteiger partial charge in [0.15, 0.2) is 0 Å². The Morgan fingerprint density at radius 2 is 1.21 bits per heavy atom. The number of carbonyl (C=O) groups is 2. The highest BCUT2D eigenvalue weighted by Crippen LogP contribution is 2.12. The largest absolute Gasteiger partial charge is 0.458 e. The summed E-state index contributed by atoms with van der Waals surface area (Å²) in [4.78, 5) is 24.2. The summed E-state index contributed by atoms with van der Waals surface area (Å²) in [7, 11) is 0. The molecule has 0 spiro atoms. The summed E-state index contributed by atoms with van der Waals surface area (Å²) in [6.45, 7) is 4.06. The first-order valence-corrected chi connectivity index (χ1v) is 7.69. The van der Waals surface area contributed by atoms with Crippen molar-refractivity contribution in [3.05, 3.63) is 84.0 Å². The molecule has 0 aliphatic carbocycles. The van der Waals surface area contributed by atoms with Crippen molar-refractivity contribution in [3.8, 4) is 0 Å². The van der Waals surface area contributed by atoms with Gasteiger partial charge in [0.25, 0.3) is 0 Å². The van der Waals surface area contributed by atoms with Gasteiger partial charge in [0.05, 0.1) is 11.1 Å². The van der Waals surface area contributed by atoms with Crippen molar-refractivity contribution in [2.75, 3.05) is 13.2 Å². The lowest BCUT2D eigenvalue weighted by Crippen LogP contribution is -2.14. The first-order chi connectivity index (χ1) is 11.7. The van der Waals surface area contributed by atoms with Crippen LogP contribution in [-0.2, 0) is 9.47 Å². The Balaban J connectivity index is 2.69. The van der Waals surface area contributed by atoms with E-state index >= 15 is 0 Å². The predicted molar refractivity (Wildman–Crippen MR) is 94.9 cm³/mol. The molecule has 0 unspecified atom stereocenters. The normalized spacial score (nSPS) is 11.8. The lowest BCUT2D eigenvalue weighted by Gasteiger charge is -2.08. The summed E-state index contributed by atoms with van der Waals surface area (Å²) in [6.07, 6.45) is 14.4. The highest BCUT2D eigenvalue weighted by atomic mass is 16.5. The Hall–Kier alpha value is -2.88. The van der Waals surface area contributed by atoms with Crippen LogP contribution in [0.3, 0.4) is 0 Å². The summed E-state index contributed by atoms with van der Waals surface area (Å²) in [5, 5.41) is 0. The fourth-order valence-corrected chi connectivity index (χ4v) is 1.73. The van der Waals surface area contributed by atoms with Gasteiger partial charge < -0.3 is 9.47 Å². The first-order valence-electron chi connectivity index (χ1n) is 7.69. The van der Waals surface area contributed by atoms with Crippen molar-refractivity contribution in [3.63, 3.8) is 0 Å². The van der Waals surface area contributed by atoms with Gasteiger partial charge in [-0.2, -0.15) is 0 Å². The van der Waals surface area contributed by atoms with E-state index in [0.717, 1.165) is 0 Å². The van der Waals surface area contributed by atoms with Gasteiger partial charge in [-0.3, -0.25) is 0 Å². The van der Waals surface area contributed by atoms with Gasteiger partial charge in [-0.05, 0) is 38.1 Å². The molecule has 0 aliphatic rings. The summed E-state index contributed by atoms with van der Waals surface area (Å²) >= 11 is 0. The van der Waals surface area contributed by atoms with Crippen LogP contribution in [-0.4, -0.2) is 25.2 Å². The molecule has 0 saturated heterocycles. The third kappa shape index (κ3) is 6.92. The quantitative estimate of drug-likeness (QED) is 0.529. The van der Waals surface area contributed by atoms with E-state index in [9.17, 15) is 9.59 Å². The third-order valence-corrected chi connectivity index (χ3v) is 2.87. The second-order valence-electron chi connectivity index (χ2n) is 4.65. The van der Waals surface area contributed by atoms with Gasteiger partial charge in [-0.15, -0.1) is 0 Å². The molecule has 1 aromatic rings. The molecular weight excluding hydrogens is 304 g/mol. The van der Waals surface area contributed by atoms with E-state index in [2.05, 4.69) is 0 Å². The second kappa shape index (κ2) is 11.7. The number of rotatable bonds is 8. The van der Waals surface area contributed by atoms with Crippen LogP contribution in [0, 0.1) is 0 Å². The van der Waals surface area contributed by atoms with Gasteiger partial charge >= 0.3 is 11.9 Å². The average molecular weight is 326 g/mol. The maximum absolute atomic E-state index is 12.1. The molecule has 0 aromatic heterocycles. The molecule has 0 bridgehead atoms. The van der Waals surface area contributed by atoms with Crippen LogP contribution in [0.5, 0.6) is 0 Å². The molecule has 0 N–H and O–H groups in total. The van der Waals surface area contributed by atoms with Crippen molar-refractivity contribution >= 4 is 11.9 Å². The zero-order valence-corrected chi connectivity index (χ0v) is 14.0. The van der Waals surface area contributed by atoms with Crippen molar-refractivity contribution in [2.24, 2.45) is 0 Å². The molecular formula is C20H22O4. The molecule has 24 heavy (non-hydrogen) atoms. The van der Waals surface area contributed by atoms with Crippen molar-refractivity contribution in [2.45, 2.75) is 13.8 Å². The molecule has 0 heterocycles. The molecule has 4 heteroatoms. The number of esters is 2. The highest BCUT2D eigenvalue weighted by molar-refractivity contribution is 6.03. The Morgan fingerprint density at radius 3 is 1.58 bits per heavy atom. The molecule has 4 nitrogen and oxygen atoms in total. The number of allylic oxidation sites excluding steroid dienone is 6. The Labute approximate surface area is 142 Å². The van der Waals surface area contributed by atoms with E-state index in [4.69, 9.17) is 9.47 Å². The van der Waals surface area contributed by atoms with Gasteiger partial charge in [0.1, 0.15) is 13.2 Å². The number of benzene rings is 1. The lowest BCUT2D eigenvalue weighted by atomic mass is 10.1. The lowest BCUT2D eigenvalue weighted by molar-refractivity contribution is 0.0503. The maximum Gasteiger partial charge on any atom is 0.339 e. The van der Waals surface area contributed by atoms with Gasteiger partial charge in [-0.1, -0.05) is 48.6 Å². The number of hydrogen-bond donors (Lipinski definition) is 0. The van der Waals surface area contributed by atoms with E-state index < -0.39 is 11.9 Å². The number of hydrogen-bond acceptors (Lipinski definition) is 4. The zero-order valence-electron chi connectivity index (χ0n) is 14.0. The molecule has 0 aliphatic heterocycles. The Morgan fingerprint density at radius 1 is 0.792 bits per heavy atom. The van der Waals surface area contributed by atoms with Crippen LogP contribution in [0.25, 0.3) is 0 Å². The van der Waals surface area contributed by atoms with Crippen LogP contribution >= 0.6 is 0 Å². The van der Waals surface area contributed by atoms with E-state index in [1.807, 2.05) is 38.2 Å². The second-order valence-corrected chi connectivity index (χ2v) is 4.65. The third-order valence-electron chi connectivity index (χ3n) is 2.87. The SMILES string of the molecule is CC=C/C=C/COC(=O)c1ccccc1C(=O)OC/C=C/C=CC. The fraction of sp³-hybridized carbons (Fsp3) is 0.200. The molecule has 0 fully saturated rings. The first kappa shape index (κ1) is 19.2. The van der Waals surface area contributed by atoms with E-state index in [-0.39, 0.29) is 24.3 Å². The smallest absolute Gasteiger partial charge is 0.339 e. The van der Waals surface area contributed by atoms with Gasteiger partial charge in [0.2, 0.25) is 0 Å².